The highest BCUT2D eigenvalue weighted by molar-refractivity contribution is 5.91. The summed E-state index contributed by atoms with van der Waals surface area (Å²) in [6, 6.07) is 18.8. The monoisotopic (exact) mass is 329 g/mol. The number of nitrogens with zero attached hydrogens (tertiary/aromatic N) is 4. The molecule has 2 aromatic carbocycles. The number of hydrogen-bond acceptors (Lipinski definition) is 4. The van der Waals surface area contributed by atoms with E-state index >= 15 is 0 Å². The van der Waals surface area contributed by atoms with Gasteiger partial charge in [-0.25, -0.2) is 9.07 Å². The van der Waals surface area contributed by atoms with E-state index in [-0.39, 0.29) is 28.5 Å². The number of nitriles is 2. The summed E-state index contributed by atoms with van der Waals surface area (Å²) in [5.74, 6) is -0.213. The van der Waals surface area contributed by atoms with Crippen molar-refractivity contribution in [1.29, 1.82) is 10.5 Å². The number of hydrogen-bond donors (Lipinski definition) is 1. The van der Waals surface area contributed by atoms with E-state index in [4.69, 9.17) is 5.73 Å². The molecule has 0 radical (unpaired) electrons. The lowest BCUT2D eigenvalue weighted by Gasteiger charge is -2.02. The van der Waals surface area contributed by atoms with Crippen molar-refractivity contribution >= 4 is 17.5 Å². The lowest BCUT2D eigenvalue weighted by molar-refractivity contribution is 0.628. The maximum absolute atomic E-state index is 13.0. The maximum Gasteiger partial charge on any atom is 0.145 e. The summed E-state index contributed by atoms with van der Waals surface area (Å²) in [5, 5.41) is 23.3. The van der Waals surface area contributed by atoms with E-state index in [0.717, 1.165) is 0 Å². The predicted octanol–water partition coefficient (Wildman–Crippen LogP) is 3.53. The van der Waals surface area contributed by atoms with Crippen molar-refractivity contribution in [2.45, 2.75) is 0 Å². The van der Waals surface area contributed by atoms with Crippen molar-refractivity contribution < 1.29 is 4.39 Å². The fourth-order valence-electron chi connectivity index (χ4n) is 2.38. The van der Waals surface area contributed by atoms with Crippen LogP contribution >= 0.6 is 0 Å². The smallest absolute Gasteiger partial charge is 0.145 e. The number of rotatable bonds is 3. The van der Waals surface area contributed by atoms with Crippen LogP contribution in [0, 0.1) is 28.5 Å². The first-order valence-electron chi connectivity index (χ1n) is 7.36. The largest absolute Gasteiger partial charge is 0.382 e. The molecule has 0 aliphatic carbocycles. The van der Waals surface area contributed by atoms with Crippen LogP contribution in [0.15, 0.2) is 54.6 Å². The Morgan fingerprint density at radius 1 is 1.08 bits per heavy atom. The minimum absolute atomic E-state index is 0.124. The zero-order valence-electron chi connectivity index (χ0n) is 13.0. The van der Waals surface area contributed by atoms with Crippen molar-refractivity contribution in [3.8, 4) is 17.8 Å². The van der Waals surface area contributed by atoms with Crippen LogP contribution in [-0.2, 0) is 0 Å². The van der Waals surface area contributed by atoms with Crippen LogP contribution in [-0.4, -0.2) is 9.78 Å². The molecule has 0 aliphatic rings. The molecule has 0 saturated heterocycles. The molecule has 0 aliphatic heterocycles. The Morgan fingerprint density at radius 3 is 2.36 bits per heavy atom. The van der Waals surface area contributed by atoms with Crippen molar-refractivity contribution in [3.05, 3.63) is 77.2 Å². The van der Waals surface area contributed by atoms with Crippen molar-refractivity contribution in [2.24, 2.45) is 0 Å². The normalized spacial score (nSPS) is 10.9. The van der Waals surface area contributed by atoms with Crippen molar-refractivity contribution in [2.75, 3.05) is 5.73 Å². The van der Waals surface area contributed by atoms with Crippen LogP contribution < -0.4 is 5.73 Å². The standard InChI is InChI=1S/C19H12FN5/c20-15-8-6-13(7-9-15)10-14(11-21)18-17(12-22)19(23)25(24-18)16-4-2-1-3-5-16/h1-10H,23H2/b14-10+. The number of aromatic nitrogens is 2. The van der Waals surface area contributed by atoms with Gasteiger partial charge in [-0.05, 0) is 35.9 Å². The van der Waals surface area contributed by atoms with Gasteiger partial charge in [0.1, 0.15) is 35.0 Å². The Morgan fingerprint density at radius 2 is 1.76 bits per heavy atom. The molecule has 5 nitrogen and oxygen atoms in total. The Hall–Kier alpha value is -3.90. The molecule has 6 heteroatoms. The molecule has 0 fully saturated rings. The molecule has 0 bridgehead atoms. The predicted molar refractivity (Wildman–Crippen MR) is 92.6 cm³/mol. The molecule has 0 spiro atoms. The molecule has 0 unspecified atom stereocenters. The van der Waals surface area contributed by atoms with Gasteiger partial charge in [0.05, 0.1) is 11.3 Å². The number of anilines is 1. The average molecular weight is 329 g/mol. The fraction of sp³-hybridized carbons (Fsp3) is 0. The molecule has 0 atom stereocenters. The molecule has 120 valence electrons. The molecule has 25 heavy (non-hydrogen) atoms. The van der Waals surface area contributed by atoms with Gasteiger partial charge in [-0.2, -0.15) is 15.6 Å². The van der Waals surface area contributed by atoms with Crippen LogP contribution in [0.1, 0.15) is 16.8 Å². The third kappa shape index (κ3) is 3.10. The minimum Gasteiger partial charge on any atom is -0.382 e. The highest BCUT2D eigenvalue weighted by atomic mass is 19.1. The van der Waals surface area contributed by atoms with E-state index in [0.29, 0.717) is 11.3 Å². The zero-order chi connectivity index (χ0) is 17.8. The summed E-state index contributed by atoms with van der Waals surface area (Å²) >= 11 is 0. The van der Waals surface area contributed by atoms with E-state index in [9.17, 15) is 14.9 Å². The summed E-state index contributed by atoms with van der Waals surface area (Å²) in [4.78, 5) is 0. The van der Waals surface area contributed by atoms with Gasteiger partial charge >= 0.3 is 0 Å². The number of para-hydroxylation sites is 1. The maximum atomic E-state index is 13.0. The van der Waals surface area contributed by atoms with Crippen LogP contribution in [0.3, 0.4) is 0 Å². The average Bonchev–Trinajstić information content (AvgIpc) is 2.98. The van der Waals surface area contributed by atoms with Gasteiger partial charge in [0.15, 0.2) is 0 Å². The zero-order valence-corrected chi connectivity index (χ0v) is 13.0. The number of nitrogens with two attached hydrogens (primary N) is 1. The number of nitrogen functional groups attached to an aromatic ring is 1. The van der Waals surface area contributed by atoms with Gasteiger partial charge in [0.2, 0.25) is 0 Å². The van der Waals surface area contributed by atoms with Crippen LogP contribution in [0.4, 0.5) is 10.2 Å². The summed E-state index contributed by atoms with van der Waals surface area (Å²) in [6.45, 7) is 0. The van der Waals surface area contributed by atoms with E-state index in [2.05, 4.69) is 5.10 Å². The van der Waals surface area contributed by atoms with Crippen LogP contribution in [0.5, 0.6) is 0 Å². The Balaban J connectivity index is 2.14. The lowest BCUT2D eigenvalue weighted by atomic mass is 10.1. The first-order chi connectivity index (χ1) is 12.1. The first kappa shape index (κ1) is 16.0. The second-order valence-electron chi connectivity index (χ2n) is 5.19. The van der Waals surface area contributed by atoms with Gasteiger partial charge < -0.3 is 5.73 Å². The van der Waals surface area contributed by atoms with Gasteiger partial charge in [-0.15, -0.1) is 0 Å². The second kappa shape index (κ2) is 6.69. The molecule has 3 rings (SSSR count). The van der Waals surface area contributed by atoms with Crippen LogP contribution in [0.25, 0.3) is 17.3 Å². The molecular weight excluding hydrogens is 317 g/mol. The summed E-state index contributed by atoms with van der Waals surface area (Å²) in [5.41, 5.74) is 7.83. The first-order valence-corrected chi connectivity index (χ1v) is 7.36. The van der Waals surface area contributed by atoms with Crippen LogP contribution in [0.2, 0.25) is 0 Å². The highest BCUT2D eigenvalue weighted by Crippen LogP contribution is 2.26. The fourth-order valence-corrected chi connectivity index (χ4v) is 2.38. The number of allylic oxidation sites excluding steroid dienone is 1. The quantitative estimate of drug-likeness (QED) is 0.744. The molecule has 1 aromatic heterocycles. The second-order valence-corrected chi connectivity index (χ2v) is 5.19. The topological polar surface area (TPSA) is 91.4 Å². The summed E-state index contributed by atoms with van der Waals surface area (Å²) < 4.78 is 14.5. The van der Waals surface area contributed by atoms with E-state index in [1.807, 2.05) is 30.3 Å². The lowest BCUT2D eigenvalue weighted by Crippen LogP contribution is -2.02. The van der Waals surface area contributed by atoms with Crippen molar-refractivity contribution in [1.82, 2.24) is 9.78 Å². The minimum atomic E-state index is -0.369. The molecule has 3 aromatic rings. The third-order valence-electron chi connectivity index (χ3n) is 3.59. The van der Waals surface area contributed by atoms with Gasteiger partial charge in [-0.3, -0.25) is 0 Å². The Kier molecular flexibility index (Phi) is 4.28. The van der Waals surface area contributed by atoms with E-state index < -0.39 is 0 Å². The molecule has 0 saturated carbocycles. The third-order valence-corrected chi connectivity index (χ3v) is 3.59. The van der Waals surface area contributed by atoms with E-state index in [1.165, 1.54) is 35.0 Å². The molecule has 2 N–H and O–H groups in total. The SMILES string of the molecule is N#C/C(=C\c1ccc(F)cc1)c1nn(-c2ccccc2)c(N)c1C#N. The summed E-state index contributed by atoms with van der Waals surface area (Å²) in [6.07, 6.45) is 1.54. The van der Waals surface area contributed by atoms with Gasteiger partial charge in [0, 0.05) is 0 Å². The molecule has 0 amide bonds. The highest BCUT2D eigenvalue weighted by Gasteiger charge is 2.19. The van der Waals surface area contributed by atoms with Crippen molar-refractivity contribution in [3.63, 3.8) is 0 Å². The van der Waals surface area contributed by atoms with Gasteiger partial charge in [-0.1, -0.05) is 30.3 Å². The number of benzene rings is 2. The number of halogens is 1. The molecular formula is C19H12FN5. The van der Waals surface area contributed by atoms with Gasteiger partial charge in [0.25, 0.3) is 0 Å². The summed E-state index contributed by atoms with van der Waals surface area (Å²) in [7, 11) is 0. The Bertz CT molecular complexity index is 1020. The van der Waals surface area contributed by atoms with E-state index in [1.54, 1.807) is 12.1 Å². The molecule has 1 heterocycles. The Labute approximate surface area is 143 Å².